The van der Waals surface area contributed by atoms with Crippen LogP contribution in [0.15, 0.2) is 5.38 Å². The van der Waals surface area contributed by atoms with Gasteiger partial charge in [0.15, 0.2) is 0 Å². The first-order valence-corrected chi connectivity index (χ1v) is 7.64. The van der Waals surface area contributed by atoms with Crippen molar-refractivity contribution in [1.29, 1.82) is 0 Å². The zero-order valence-corrected chi connectivity index (χ0v) is 12.5. The molecule has 2 heterocycles. The van der Waals surface area contributed by atoms with Gasteiger partial charge in [0.1, 0.15) is 10.9 Å². The van der Waals surface area contributed by atoms with Gasteiger partial charge in [-0.2, -0.15) is 0 Å². The lowest BCUT2D eigenvalue weighted by Crippen LogP contribution is -2.35. The zero-order chi connectivity index (χ0) is 13.7. The van der Waals surface area contributed by atoms with Gasteiger partial charge in [0, 0.05) is 25.5 Å². The second-order valence-electron chi connectivity index (χ2n) is 4.50. The molecule has 5 nitrogen and oxygen atoms in total. The molecule has 1 fully saturated rings. The molecule has 0 spiro atoms. The molecule has 0 unspecified atom stereocenters. The van der Waals surface area contributed by atoms with Gasteiger partial charge in [-0.25, -0.2) is 4.98 Å². The third-order valence-corrected chi connectivity index (χ3v) is 4.11. The van der Waals surface area contributed by atoms with Gasteiger partial charge in [0.25, 0.3) is 0 Å². The van der Waals surface area contributed by atoms with E-state index in [2.05, 4.69) is 9.88 Å². The molecular formula is C12H18ClN3O2S. The van der Waals surface area contributed by atoms with Crippen LogP contribution in [0.3, 0.4) is 0 Å². The monoisotopic (exact) mass is 303 g/mol. The molecule has 0 atom stereocenters. The fourth-order valence-electron chi connectivity index (χ4n) is 1.88. The van der Waals surface area contributed by atoms with Gasteiger partial charge < -0.3 is 9.64 Å². The third-order valence-electron chi connectivity index (χ3n) is 3.00. The number of carbonyl (C=O) groups excluding carboxylic acids is 1. The van der Waals surface area contributed by atoms with Crippen LogP contribution in [0, 0.1) is 0 Å². The van der Waals surface area contributed by atoms with E-state index in [1.165, 1.54) is 0 Å². The number of ether oxygens (including phenoxy) is 1. The zero-order valence-electron chi connectivity index (χ0n) is 11.0. The van der Waals surface area contributed by atoms with Gasteiger partial charge in [-0.15, -0.1) is 22.9 Å². The lowest BCUT2D eigenvalue weighted by molar-refractivity contribution is -0.127. The van der Waals surface area contributed by atoms with Crippen molar-refractivity contribution in [2.45, 2.75) is 13.1 Å². The van der Waals surface area contributed by atoms with E-state index in [0.29, 0.717) is 6.54 Å². The minimum atomic E-state index is -0.0793. The molecule has 0 aromatic carbocycles. The molecule has 1 aliphatic rings. The molecule has 1 aromatic heterocycles. The average Bonchev–Trinajstić information content (AvgIpc) is 2.86. The summed E-state index contributed by atoms with van der Waals surface area (Å²) in [7, 11) is 1.74. The van der Waals surface area contributed by atoms with Crippen LogP contribution >= 0.6 is 22.9 Å². The quantitative estimate of drug-likeness (QED) is 0.766. The van der Waals surface area contributed by atoms with Gasteiger partial charge in [-0.05, 0) is 0 Å². The summed E-state index contributed by atoms with van der Waals surface area (Å²) in [5.41, 5.74) is 0.925. The van der Waals surface area contributed by atoms with Crippen LogP contribution in [-0.4, -0.2) is 59.9 Å². The van der Waals surface area contributed by atoms with Gasteiger partial charge >= 0.3 is 0 Å². The van der Waals surface area contributed by atoms with Crippen molar-refractivity contribution in [3.05, 3.63) is 16.1 Å². The maximum atomic E-state index is 11.4. The average molecular weight is 304 g/mol. The van der Waals surface area contributed by atoms with E-state index in [1.807, 2.05) is 5.38 Å². The number of hydrogen-bond acceptors (Lipinski definition) is 5. The summed E-state index contributed by atoms with van der Waals surface area (Å²) in [5.74, 6) is -0.0641. The SMILES string of the molecule is CN(Cc1csc(CN2CCOCC2)n1)C(=O)CCl. The first kappa shape index (κ1) is 14.7. The van der Waals surface area contributed by atoms with Crippen molar-refractivity contribution in [1.82, 2.24) is 14.8 Å². The summed E-state index contributed by atoms with van der Waals surface area (Å²) in [6, 6.07) is 0. The molecule has 2 rings (SSSR count). The Hall–Kier alpha value is -0.690. The topological polar surface area (TPSA) is 45.7 Å². The van der Waals surface area contributed by atoms with E-state index in [0.717, 1.165) is 43.5 Å². The molecule has 0 N–H and O–H groups in total. The Morgan fingerprint density at radius 1 is 1.58 bits per heavy atom. The largest absolute Gasteiger partial charge is 0.379 e. The number of rotatable bonds is 5. The van der Waals surface area contributed by atoms with Crippen LogP contribution in [0.25, 0.3) is 0 Å². The number of amides is 1. The highest BCUT2D eigenvalue weighted by atomic mass is 35.5. The highest BCUT2D eigenvalue weighted by molar-refractivity contribution is 7.09. The summed E-state index contributed by atoms with van der Waals surface area (Å²) in [6.07, 6.45) is 0. The summed E-state index contributed by atoms with van der Waals surface area (Å²) < 4.78 is 5.32. The van der Waals surface area contributed by atoms with Crippen LogP contribution in [-0.2, 0) is 22.6 Å². The number of hydrogen-bond donors (Lipinski definition) is 0. The number of alkyl halides is 1. The summed E-state index contributed by atoms with van der Waals surface area (Å²) in [5, 5.41) is 3.09. The highest BCUT2D eigenvalue weighted by Gasteiger charge is 2.14. The summed E-state index contributed by atoms with van der Waals surface area (Å²) >= 11 is 7.16. The van der Waals surface area contributed by atoms with E-state index in [-0.39, 0.29) is 11.8 Å². The number of morpholine rings is 1. The molecule has 19 heavy (non-hydrogen) atoms. The fourth-order valence-corrected chi connectivity index (χ4v) is 2.91. The predicted octanol–water partition coefficient (Wildman–Crippen LogP) is 1.17. The van der Waals surface area contributed by atoms with Gasteiger partial charge in [-0.1, -0.05) is 0 Å². The Balaban J connectivity index is 1.86. The molecular weight excluding hydrogens is 286 g/mol. The van der Waals surface area contributed by atoms with E-state index in [1.54, 1.807) is 23.3 Å². The minimum absolute atomic E-state index is 0.0152. The summed E-state index contributed by atoms with van der Waals surface area (Å²) in [4.78, 5) is 19.9. The molecule has 1 amide bonds. The molecule has 106 valence electrons. The van der Waals surface area contributed by atoms with Crippen molar-refractivity contribution < 1.29 is 9.53 Å². The normalized spacial score (nSPS) is 16.5. The van der Waals surface area contributed by atoms with Crippen molar-refractivity contribution in [3.63, 3.8) is 0 Å². The van der Waals surface area contributed by atoms with Crippen molar-refractivity contribution in [2.75, 3.05) is 39.2 Å². The van der Waals surface area contributed by atoms with E-state index >= 15 is 0 Å². The minimum Gasteiger partial charge on any atom is -0.379 e. The Kier molecular flexibility index (Phi) is 5.57. The number of carbonyl (C=O) groups is 1. The Labute approximate surface area is 122 Å². The van der Waals surface area contributed by atoms with Crippen LogP contribution in [0.5, 0.6) is 0 Å². The maximum absolute atomic E-state index is 11.4. The second kappa shape index (κ2) is 7.19. The number of nitrogens with zero attached hydrogens (tertiary/aromatic N) is 3. The fraction of sp³-hybridized carbons (Fsp3) is 0.667. The maximum Gasteiger partial charge on any atom is 0.237 e. The predicted molar refractivity (Wildman–Crippen MR) is 75.4 cm³/mol. The summed E-state index contributed by atoms with van der Waals surface area (Å²) in [6.45, 7) is 4.89. The molecule has 0 radical (unpaired) electrons. The first-order chi connectivity index (χ1) is 9.19. The number of aromatic nitrogens is 1. The van der Waals surface area contributed by atoms with Gasteiger partial charge in [0.05, 0.1) is 32.0 Å². The molecule has 0 bridgehead atoms. The van der Waals surface area contributed by atoms with Gasteiger partial charge in [0.2, 0.25) is 5.91 Å². The van der Waals surface area contributed by atoms with Crippen LogP contribution < -0.4 is 0 Å². The van der Waals surface area contributed by atoms with Crippen molar-refractivity contribution in [2.24, 2.45) is 0 Å². The molecule has 1 aliphatic heterocycles. The van der Waals surface area contributed by atoms with E-state index < -0.39 is 0 Å². The van der Waals surface area contributed by atoms with Crippen molar-refractivity contribution in [3.8, 4) is 0 Å². The highest BCUT2D eigenvalue weighted by Crippen LogP contribution is 2.14. The van der Waals surface area contributed by atoms with Crippen LogP contribution in [0.4, 0.5) is 0 Å². The molecule has 7 heteroatoms. The van der Waals surface area contributed by atoms with Crippen LogP contribution in [0.1, 0.15) is 10.7 Å². The Bertz CT molecular complexity index is 421. The number of halogens is 1. The number of thiazole rings is 1. The molecule has 0 aliphatic carbocycles. The van der Waals surface area contributed by atoms with E-state index in [4.69, 9.17) is 16.3 Å². The molecule has 1 saturated heterocycles. The smallest absolute Gasteiger partial charge is 0.237 e. The van der Waals surface area contributed by atoms with Crippen molar-refractivity contribution >= 4 is 28.8 Å². The second-order valence-corrected chi connectivity index (χ2v) is 5.71. The first-order valence-electron chi connectivity index (χ1n) is 6.22. The van der Waals surface area contributed by atoms with E-state index in [9.17, 15) is 4.79 Å². The Morgan fingerprint density at radius 2 is 2.32 bits per heavy atom. The molecule has 1 aromatic rings. The lowest BCUT2D eigenvalue weighted by Gasteiger charge is -2.25. The Morgan fingerprint density at radius 3 is 3.00 bits per heavy atom. The lowest BCUT2D eigenvalue weighted by atomic mass is 10.4. The standard InChI is InChI=1S/C12H18ClN3O2S/c1-15(12(17)6-13)7-10-9-19-11(14-10)8-16-2-4-18-5-3-16/h9H,2-8H2,1H3. The van der Waals surface area contributed by atoms with Gasteiger partial charge in [-0.3, -0.25) is 9.69 Å². The third kappa shape index (κ3) is 4.42. The van der Waals surface area contributed by atoms with Crippen LogP contribution in [0.2, 0.25) is 0 Å². The molecule has 0 saturated carbocycles.